The highest BCUT2D eigenvalue weighted by Crippen LogP contribution is 2.41. The lowest BCUT2D eigenvalue weighted by Gasteiger charge is -2.34. The summed E-state index contributed by atoms with van der Waals surface area (Å²) in [6, 6.07) is 4.92. The first-order valence-corrected chi connectivity index (χ1v) is 13.3. The lowest BCUT2D eigenvalue weighted by atomic mass is 9.81. The van der Waals surface area contributed by atoms with Crippen LogP contribution in [0.5, 0.6) is 0 Å². The van der Waals surface area contributed by atoms with Crippen molar-refractivity contribution < 1.29 is 18.0 Å². The van der Waals surface area contributed by atoms with Gasteiger partial charge in [-0.2, -0.15) is 0 Å². The summed E-state index contributed by atoms with van der Waals surface area (Å²) < 4.78 is 28.7. The molecule has 7 nitrogen and oxygen atoms in total. The minimum atomic E-state index is -3.67. The highest BCUT2D eigenvalue weighted by atomic mass is 32.2. The molecule has 0 aromatic heterocycles. The molecular weight excluding hydrogens is 426 g/mol. The van der Waals surface area contributed by atoms with E-state index in [1.807, 2.05) is 18.7 Å². The Hall–Kier alpha value is -1.93. The van der Waals surface area contributed by atoms with Crippen LogP contribution >= 0.6 is 0 Å². The zero-order valence-corrected chi connectivity index (χ0v) is 20.2. The number of sulfonamides is 1. The minimum Gasteiger partial charge on any atom is -0.342 e. The van der Waals surface area contributed by atoms with E-state index >= 15 is 0 Å². The molecule has 0 radical (unpaired) electrons. The minimum absolute atomic E-state index is 0.0362. The van der Waals surface area contributed by atoms with Gasteiger partial charge in [-0.25, -0.2) is 13.1 Å². The number of rotatable bonds is 5. The number of anilines is 1. The molecule has 2 fully saturated rings. The molecule has 2 heterocycles. The van der Waals surface area contributed by atoms with Gasteiger partial charge in [-0.15, -0.1) is 0 Å². The van der Waals surface area contributed by atoms with E-state index in [0.29, 0.717) is 12.5 Å². The summed E-state index contributed by atoms with van der Waals surface area (Å²) in [7, 11) is -1.95. The second-order valence-corrected chi connectivity index (χ2v) is 11.9. The summed E-state index contributed by atoms with van der Waals surface area (Å²) in [6.45, 7) is 5.80. The van der Waals surface area contributed by atoms with Crippen molar-refractivity contribution in [1.82, 2.24) is 9.62 Å². The molecule has 0 atom stereocenters. The summed E-state index contributed by atoms with van der Waals surface area (Å²) in [5, 5.41) is 0. The monoisotopic (exact) mass is 461 g/mol. The second kappa shape index (κ2) is 8.78. The standard InChI is InChI=1S/C24H35N3O4S/c1-24(2)20-15-19(11-12-21(20)26(3)23(24)29)32(30,31)25-16-17-7-9-18(10-8-17)22(28)27-13-5-4-6-14-27/h11-12,15,17-18,25H,4-10,13-14,16H2,1-3H3. The molecule has 2 aliphatic heterocycles. The maximum Gasteiger partial charge on any atom is 0.240 e. The number of amides is 2. The first-order valence-electron chi connectivity index (χ1n) is 11.8. The zero-order valence-electron chi connectivity index (χ0n) is 19.4. The SMILES string of the molecule is CN1C(=O)C(C)(C)c2cc(S(=O)(=O)NCC3CCC(C(=O)N4CCCCC4)CC3)ccc21. The van der Waals surface area contributed by atoms with Gasteiger partial charge in [-0.1, -0.05) is 0 Å². The zero-order chi connectivity index (χ0) is 23.1. The number of hydrogen-bond acceptors (Lipinski definition) is 4. The molecule has 1 aliphatic carbocycles. The van der Waals surface area contributed by atoms with Crippen molar-refractivity contribution in [1.29, 1.82) is 0 Å². The first-order chi connectivity index (χ1) is 15.1. The van der Waals surface area contributed by atoms with E-state index in [1.165, 1.54) is 6.42 Å². The highest BCUT2D eigenvalue weighted by molar-refractivity contribution is 7.89. The molecule has 3 aliphatic rings. The normalized spacial score (nSPS) is 25.7. The van der Waals surface area contributed by atoms with Gasteiger partial charge in [-0.05, 0) is 88.5 Å². The van der Waals surface area contributed by atoms with Crippen molar-refractivity contribution in [2.75, 3.05) is 31.6 Å². The largest absolute Gasteiger partial charge is 0.342 e. The Morgan fingerprint density at radius 2 is 1.75 bits per heavy atom. The average Bonchev–Trinajstić information content (AvgIpc) is 2.98. The average molecular weight is 462 g/mol. The summed E-state index contributed by atoms with van der Waals surface area (Å²) in [5.41, 5.74) is 0.759. The van der Waals surface area contributed by atoms with Crippen LogP contribution in [0.25, 0.3) is 0 Å². The molecule has 4 rings (SSSR count). The van der Waals surface area contributed by atoms with Gasteiger partial charge in [0.25, 0.3) is 0 Å². The van der Waals surface area contributed by atoms with Crippen LogP contribution in [-0.2, 0) is 25.0 Å². The molecule has 8 heteroatoms. The van der Waals surface area contributed by atoms with Crippen molar-refractivity contribution in [3.63, 3.8) is 0 Å². The Labute approximate surface area is 191 Å². The fraction of sp³-hybridized carbons (Fsp3) is 0.667. The van der Waals surface area contributed by atoms with E-state index in [2.05, 4.69) is 4.72 Å². The number of nitrogens with one attached hydrogen (secondary N) is 1. The van der Waals surface area contributed by atoms with Gasteiger partial charge in [0.2, 0.25) is 21.8 Å². The van der Waals surface area contributed by atoms with Crippen LogP contribution in [-0.4, -0.2) is 51.8 Å². The van der Waals surface area contributed by atoms with Crippen LogP contribution in [0, 0.1) is 11.8 Å². The number of carbonyl (C=O) groups excluding carboxylic acids is 2. The summed E-state index contributed by atoms with van der Waals surface area (Å²) >= 11 is 0. The molecule has 0 bridgehead atoms. The molecule has 0 unspecified atom stereocenters. The molecule has 32 heavy (non-hydrogen) atoms. The van der Waals surface area contributed by atoms with Crippen molar-refractivity contribution in [3.8, 4) is 0 Å². The van der Waals surface area contributed by atoms with Crippen LogP contribution in [0.4, 0.5) is 5.69 Å². The van der Waals surface area contributed by atoms with E-state index in [-0.39, 0.29) is 22.6 Å². The molecule has 1 N–H and O–H groups in total. The Morgan fingerprint density at radius 1 is 1.09 bits per heavy atom. The predicted octanol–water partition coefficient (Wildman–Crippen LogP) is 3.04. The number of carbonyl (C=O) groups is 2. The van der Waals surface area contributed by atoms with Crippen molar-refractivity contribution >= 4 is 27.5 Å². The maximum atomic E-state index is 13.0. The number of likely N-dealkylation sites (tertiary alicyclic amines) is 1. The molecule has 2 amide bonds. The fourth-order valence-corrected chi connectivity index (χ4v) is 6.56. The van der Waals surface area contributed by atoms with E-state index in [9.17, 15) is 18.0 Å². The summed E-state index contributed by atoms with van der Waals surface area (Å²) in [6.07, 6.45) is 6.82. The third kappa shape index (κ3) is 4.31. The quantitative estimate of drug-likeness (QED) is 0.730. The maximum absolute atomic E-state index is 13.0. The van der Waals surface area contributed by atoms with E-state index in [4.69, 9.17) is 0 Å². The van der Waals surface area contributed by atoms with Gasteiger partial charge in [0.1, 0.15) is 0 Å². The van der Waals surface area contributed by atoms with E-state index < -0.39 is 15.4 Å². The fourth-order valence-electron chi connectivity index (χ4n) is 5.42. The van der Waals surface area contributed by atoms with Gasteiger partial charge >= 0.3 is 0 Å². The molecule has 1 saturated heterocycles. The number of fused-ring (bicyclic) bond motifs is 1. The number of likely N-dealkylation sites (N-methyl/N-ethyl adjacent to an activating group) is 1. The van der Waals surface area contributed by atoms with Crippen LogP contribution < -0.4 is 9.62 Å². The number of hydrogen-bond donors (Lipinski definition) is 1. The van der Waals surface area contributed by atoms with E-state index in [0.717, 1.165) is 62.9 Å². The lowest BCUT2D eigenvalue weighted by Crippen LogP contribution is -2.41. The number of piperidine rings is 1. The third-order valence-electron chi connectivity index (χ3n) is 7.58. The summed E-state index contributed by atoms with van der Waals surface area (Å²) in [4.78, 5) is 29.0. The van der Waals surface area contributed by atoms with Crippen LogP contribution in [0.2, 0.25) is 0 Å². The lowest BCUT2D eigenvalue weighted by molar-refractivity contribution is -0.137. The molecule has 1 aromatic carbocycles. The Bertz CT molecular complexity index is 990. The van der Waals surface area contributed by atoms with E-state index in [1.54, 1.807) is 30.1 Å². The summed E-state index contributed by atoms with van der Waals surface area (Å²) in [5.74, 6) is 0.595. The van der Waals surface area contributed by atoms with Gasteiger partial charge in [-0.3, -0.25) is 9.59 Å². The number of nitrogens with zero attached hydrogens (tertiary/aromatic N) is 2. The Balaban J connectivity index is 1.34. The van der Waals surface area contributed by atoms with Crippen molar-refractivity contribution in [3.05, 3.63) is 23.8 Å². The van der Waals surface area contributed by atoms with Crippen molar-refractivity contribution in [2.24, 2.45) is 11.8 Å². The van der Waals surface area contributed by atoms with Crippen LogP contribution in [0.15, 0.2) is 23.1 Å². The smallest absolute Gasteiger partial charge is 0.240 e. The van der Waals surface area contributed by atoms with Crippen LogP contribution in [0.3, 0.4) is 0 Å². The predicted molar refractivity (Wildman–Crippen MR) is 124 cm³/mol. The van der Waals surface area contributed by atoms with Gasteiger partial charge in [0, 0.05) is 38.3 Å². The molecular formula is C24H35N3O4S. The molecule has 1 saturated carbocycles. The van der Waals surface area contributed by atoms with Crippen molar-refractivity contribution in [2.45, 2.75) is 69.1 Å². The molecule has 0 spiro atoms. The van der Waals surface area contributed by atoms with Gasteiger partial charge < -0.3 is 9.80 Å². The van der Waals surface area contributed by atoms with Crippen LogP contribution in [0.1, 0.15) is 64.4 Å². The van der Waals surface area contributed by atoms with Gasteiger partial charge in [0.15, 0.2) is 0 Å². The third-order valence-corrected chi connectivity index (χ3v) is 9.00. The topological polar surface area (TPSA) is 86.8 Å². The number of benzene rings is 1. The van der Waals surface area contributed by atoms with Gasteiger partial charge in [0.05, 0.1) is 10.3 Å². The Kier molecular flexibility index (Phi) is 6.38. The second-order valence-electron chi connectivity index (χ2n) is 10.1. The molecule has 1 aromatic rings. The molecule has 176 valence electrons. The highest BCUT2D eigenvalue weighted by Gasteiger charge is 2.42. The Morgan fingerprint density at radius 3 is 2.41 bits per heavy atom. The first kappa shape index (κ1) is 23.2.